The maximum atomic E-state index is 12.4. The molecule has 2 rings (SSSR count). The molecule has 19 heavy (non-hydrogen) atoms. The summed E-state index contributed by atoms with van der Waals surface area (Å²) in [5.74, 6) is 0.151. The molecule has 1 amide bonds. The van der Waals surface area contributed by atoms with Crippen LogP contribution in [0.25, 0.3) is 0 Å². The Morgan fingerprint density at radius 2 is 2.32 bits per heavy atom. The third-order valence-electron chi connectivity index (χ3n) is 3.29. The number of hydrogen-bond donors (Lipinski definition) is 1. The maximum Gasteiger partial charge on any atom is 0.244 e. The fourth-order valence-electron chi connectivity index (χ4n) is 2.29. The van der Waals surface area contributed by atoms with Gasteiger partial charge < -0.3 is 10.2 Å². The van der Waals surface area contributed by atoms with Crippen LogP contribution in [-0.4, -0.2) is 25.0 Å². The van der Waals surface area contributed by atoms with Crippen LogP contribution in [0.1, 0.15) is 26.2 Å². The summed E-state index contributed by atoms with van der Waals surface area (Å²) in [6, 6.07) is 5.59. The Balaban J connectivity index is 2.14. The van der Waals surface area contributed by atoms with Crippen molar-refractivity contribution in [2.75, 3.05) is 18.0 Å². The second-order valence-electron chi connectivity index (χ2n) is 4.74. The Labute approximate surface area is 127 Å². The average Bonchev–Trinajstić information content (AvgIpc) is 2.41. The summed E-state index contributed by atoms with van der Waals surface area (Å²) < 4.78 is 0.850. The molecule has 0 aromatic heterocycles. The molecule has 0 bridgehead atoms. The first-order valence-electron chi connectivity index (χ1n) is 6.63. The molecule has 1 unspecified atom stereocenters. The van der Waals surface area contributed by atoms with Gasteiger partial charge in [0.1, 0.15) is 0 Å². The summed E-state index contributed by atoms with van der Waals surface area (Å²) in [5.41, 5.74) is 0.876. The van der Waals surface area contributed by atoms with Crippen LogP contribution in [0.15, 0.2) is 22.7 Å². The second-order valence-corrected chi connectivity index (χ2v) is 6.00. The minimum absolute atomic E-state index is 0.0591. The summed E-state index contributed by atoms with van der Waals surface area (Å²) >= 11 is 9.47. The summed E-state index contributed by atoms with van der Waals surface area (Å²) in [4.78, 5) is 14.3. The van der Waals surface area contributed by atoms with Crippen LogP contribution in [0, 0.1) is 0 Å². The van der Waals surface area contributed by atoms with Crippen molar-refractivity contribution in [1.82, 2.24) is 5.32 Å². The number of halogens is 2. The van der Waals surface area contributed by atoms with Crippen LogP contribution in [-0.2, 0) is 4.79 Å². The van der Waals surface area contributed by atoms with Crippen LogP contribution >= 0.6 is 27.5 Å². The second kappa shape index (κ2) is 6.73. The molecule has 1 fully saturated rings. The van der Waals surface area contributed by atoms with Crippen molar-refractivity contribution in [3.8, 4) is 0 Å². The number of hydrogen-bond acceptors (Lipinski definition) is 2. The molecule has 1 heterocycles. The van der Waals surface area contributed by atoms with E-state index in [0.29, 0.717) is 5.02 Å². The lowest BCUT2D eigenvalue weighted by molar-refractivity contribution is -0.121. The minimum Gasteiger partial charge on any atom is -0.311 e. The molecule has 1 aromatic rings. The lowest BCUT2D eigenvalue weighted by atomic mass is 10.0. The summed E-state index contributed by atoms with van der Waals surface area (Å²) in [6.07, 6.45) is 2.97. The van der Waals surface area contributed by atoms with Crippen molar-refractivity contribution in [2.45, 2.75) is 32.2 Å². The molecular formula is C14H18BrClN2O. The van der Waals surface area contributed by atoms with Gasteiger partial charge in [-0.25, -0.2) is 0 Å². The van der Waals surface area contributed by atoms with Gasteiger partial charge in [-0.1, -0.05) is 18.5 Å². The molecular weight excluding hydrogens is 328 g/mol. The van der Waals surface area contributed by atoms with Gasteiger partial charge in [-0.05, 0) is 59.9 Å². The number of nitrogens with zero attached hydrogens (tertiary/aromatic N) is 1. The molecule has 0 spiro atoms. The zero-order chi connectivity index (χ0) is 13.8. The Morgan fingerprint density at radius 3 is 3.00 bits per heavy atom. The molecule has 0 radical (unpaired) electrons. The van der Waals surface area contributed by atoms with Crippen molar-refractivity contribution in [3.05, 3.63) is 27.7 Å². The van der Waals surface area contributed by atoms with Crippen LogP contribution in [0.4, 0.5) is 5.69 Å². The van der Waals surface area contributed by atoms with Crippen molar-refractivity contribution < 1.29 is 4.79 Å². The van der Waals surface area contributed by atoms with Gasteiger partial charge in [-0.3, -0.25) is 4.79 Å². The number of benzene rings is 1. The van der Waals surface area contributed by atoms with E-state index in [1.807, 2.05) is 23.1 Å². The molecule has 0 aliphatic carbocycles. The topological polar surface area (TPSA) is 32.3 Å². The normalized spacial score (nSPS) is 19.8. The van der Waals surface area contributed by atoms with E-state index >= 15 is 0 Å². The number of nitrogens with one attached hydrogen (secondary N) is 1. The Hall–Kier alpha value is -0.580. The number of piperidine rings is 1. The first kappa shape index (κ1) is 14.8. The molecule has 1 aliphatic rings. The predicted molar refractivity (Wildman–Crippen MR) is 82.8 cm³/mol. The fraction of sp³-hybridized carbons (Fsp3) is 0.500. The van der Waals surface area contributed by atoms with Crippen LogP contribution in [0.2, 0.25) is 5.02 Å². The van der Waals surface area contributed by atoms with Crippen LogP contribution in [0.5, 0.6) is 0 Å². The lowest BCUT2D eigenvalue weighted by Gasteiger charge is -2.33. The van der Waals surface area contributed by atoms with E-state index in [4.69, 9.17) is 11.6 Å². The van der Waals surface area contributed by atoms with Crippen molar-refractivity contribution in [2.24, 2.45) is 0 Å². The Morgan fingerprint density at radius 1 is 1.53 bits per heavy atom. The summed E-state index contributed by atoms with van der Waals surface area (Å²) in [5, 5.41) is 3.95. The van der Waals surface area contributed by atoms with Gasteiger partial charge in [0.15, 0.2) is 0 Å². The third-order valence-corrected chi connectivity index (χ3v) is 4.53. The van der Waals surface area contributed by atoms with Crippen molar-refractivity contribution in [1.29, 1.82) is 0 Å². The molecule has 1 aliphatic heterocycles. The van der Waals surface area contributed by atoms with E-state index in [0.717, 1.165) is 42.5 Å². The van der Waals surface area contributed by atoms with Gasteiger partial charge >= 0.3 is 0 Å². The van der Waals surface area contributed by atoms with E-state index in [2.05, 4.69) is 28.2 Å². The third kappa shape index (κ3) is 3.50. The van der Waals surface area contributed by atoms with Gasteiger partial charge in [0.2, 0.25) is 5.91 Å². The van der Waals surface area contributed by atoms with Crippen LogP contribution in [0.3, 0.4) is 0 Å². The highest BCUT2D eigenvalue weighted by molar-refractivity contribution is 9.10. The van der Waals surface area contributed by atoms with Gasteiger partial charge in [-0.15, -0.1) is 0 Å². The van der Waals surface area contributed by atoms with Gasteiger partial charge in [-0.2, -0.15) is 0 Å². The van der Waals surface area contributed by atoms with E-state index < -0.39 is 0 Å². The number of carbonyl (C=O) groups excluding carboxylic acids is 1. The first-order valence-corrected chi connectivity index (χ1v) is 7.80. The number of rotatable bonds is 4. The largest absolute Gasteiger partial charge is 0.311 e. The minimum atomic E-state index is -0.0591. The predicted octanol–water partition coefficient (Wildman–Crippen LogP) is 3.60. The monoisotopic (exact) mass is 344 g/mol. The number of carbonyl (C=O) groups is 1. The van der Waals surface area contributed by atoms with Crippen LogP contribution < -0.4 is 10.2 Å². The zero-order valence-corrected chi connectivity index (χ0v) is 13.3. The smallest absolute Gasteiger partial charge is 0.244 e. The molecule has 104 valence electrons. The van der Waals surface area contributed by atoms with E-state index in [-0.39, 0.29) is 11.9 Å². The lowest BCUT2D eigenvalue weighted by Crippen LogP contribution is -2.51. The zero-order valence-electron chi connectivity index (χ0n) is 11.0. The Kier molecular flexibility index (Phi) is 5.25. The summed E-state index contributed by atoms with van der Waals surface area (Å²) in [6.45, 7) is 3.75. The van der Waals surface area contributed by atoms with Crippen molar-refractivity contribution in [3.63, 3.8) is 0 Å². The molecule has 3 nitrogen and oxygen atoms in total. The van der Waals surface area contributed by atoms with Gasteiger partial charge in [0.05, 0.1) is 11.1 Å². The molecule has 1 atom stereocenters. The molecule has 1 N–H and O–H groups in total. The molecule has 5 heteroatoms. The molecule has 1 saturated heterocycles. The van der Waals surface area contributed by atoms with E-state index in [1.54, 1.807) is 0 Å². The van der Waals surface area contributed by atoms with E-state index in [1.165, 1.54) is 0 Å². The van der Waals surface area contributed by atoms with Gasteiger partial charge in [0.25, 0.3) is 0 Å². The first-order chi connectivity index (χ1) is 9.13. The number of anilines is 1. The highest BCUT2D eigenvalue weighted by Gasteiger charge is 2.29. The van der Waals surface area contributed by atoms with Gasteiger partial charge in [0, 0.05) is 16.7 Å². The highest BCUT2D eigenvalue weighted by atomic mass is 79.9. The maximum absolute atomic E-state index is 12.4. The molecule has 1 aromatic carbocycles. The quantitative estimate of drug-likeness (QED) is 0.904. The molecule has 0 saturated carbocycles. The van der Waals surface area contributed by atoms with E-state index in [9.17, 15) is 4.79 Å². The standard InChI is InChI=1S/C14H18BrClN2O/c1-2-7-17-13-4-3-8-18(14(13)19)10-5-6-11(15)12(16)9-10/h5-6,9,13,17H,2-4,7-8H2,1H3. The Bertz CT molecular complexity index is 467. The summed E-state index contributed by atoms with van der Waals surface area (Å²) in [7, 11) is 0. The average molecular weight is 346 g/mol. The SMILES string of the molecule is CCCNC1CCCN(c2ccc(Br)c(Cl)c2)C1=O. The number of amides is 1. The fourth-order valence-corrected chi connectivity index (χ4v) is 2.71. The van der Waals surface area contributed by atoms with Crippen molar-refractivity contribution >= 4 is 39.1 Å². The highest BCUT2D eigenvalue weighted by Crippen LogP contribution is 2.29.